The van der Waals surface area contributed by atoms with Gasteiger partial charge in [0.05, 0.1) is 0 Å². The molecular weight excluding hydrogens is 120 g/mol. The summed E-state index contributed by atoms with van der Waals surface area (Å²) in [5, 5.41) is 0. The van der Waals surface area contributed by atoms with E-state index >= 15 is 0 Å². The van der Waals surface area contributed by atoms with Crippen molar-refractivity contribution in [1.82, 2.24) is 0 Å². The molecule has 0 fully saturated rings. The zero-order chi connectivity index (χ0) is 7.98. The maximum atomic E-state index is 2.30. The molecule has 0 nitrogen and oxygen atoms in total. The minimum atomic E-state index is 1.24. The van der Waals surface area contributed by atoms with Gasteiger partial charge in [0, 0.05) is 0 Å². The summed E-state index contributed by atoms with van der Waals surface area (Å²) in [5.74, 6) is 0. The van der Waals surface area contributed by atoms with Crippen molar-refractivity contribution in [1.29, 1.82) is 0 Å². The van der Waals surface area contributed by atoms with E-state index in [0.717, 1.165) is 0 Å². The lowest BCUT2D eigenvalue weighted by atomic mass is 10.0. The first-order chi connectivity index (χ1) is 4.80. The largest absolute Gasteiger partial charge is 0.0810 e. The molecule has 0 aromatic rings. The van der Waals surface area contributed by atoms with Crippen LogP contribution < -0.4 is 0 Å². The summed E-state index contributed by atoms with van der Waals surface area (Å²) < 4.78 is 0. The molecule has 0 heterocycles. The summed E-state index contributed by atoms with van der Waals surface area (Å²) in [5.41, 5.74) is 2.91. The van der Waals surface area contributed by atoms with Crippen molar-refractivity contribution < 1.29 is 0 Å². The SMILES string of the molecule is CC.CC1=CCCC=C1C. The van der Waals surface area contributed by atoms with Gasteiger partial charge in [0.2, 0.25) is 0 Å². The highest BCUT2D eigenvalue weighted by atomic mass is 14.0. The Labute approximate surface area is 64.6 Å². The van der Waals surface area contributed by atoms with Gasteiger partial charge in [0.1, 0.15) is 0 Å². The molecule has 0 saturated heterocycles. The van der Waals surface area contributed by atoms with Crippen LogP contribution in [0.2, 0.25) is 0 Å². The van der Waals surface area contributed by atoms with E-state index in [2.05, 4.69) is 26.0 Å². The zero-order valence-electron chi connectivity index (χ0n) is 7.57. The van der Waals surface area contributed by atoms with Crippen LogP contribution in [-0.2, 0) is 0 Å². The van der Waals surface area contributed by atoms with Gasteiger partial charge in [-0.25, -0.2) is 0 Å². The predicted molar refractivity (Wildman–Crippen MR) is 48.1 cm³/mol. The molecular formula is C10H18. The van der Waals surface area contributed by atoms with Gasteiger partial charge in [-0.15, -0.1) is 0 Å². The van der Waals surface area contributed by atoms with Gasteiger partial charge in [-0.2, -0.15) is 0 Å². The molecule has 10 heavy (non-hydrogen) atoms. The van der Waals surface area contributed by atoms with Gasteiger partial charge in [0.25, 0.3) is 0 Å². The Morgan fingerprint density at radius 1 is 0.900 bits per heavy atom. The molecule has 0 aromatic heterocycles. The van der Waals surface area contributed by atoms with E-state index < -0.39 is 0 Å². The molecule has 1 aliphatic rings. The molecule has 0 aromatic carbocycles. The third-order valence-electron chi connectivity index (χ3n) is 1.69. The second-order valence-corrected chi connectivity index (χ2v) is 2.35. The lowest BCUT2D eigenvalue weighted by Gasteiger charge is -2.05. The Morgan fingerprint density at radius 3 is 1.40 bits per heavy atom. The summed E-state index contributed by atoms with van der Waals surface area (Å²) >= 11 is 0. The number of rotatable bonds is 0. The molecule has 0 aliphatic heterocycles. The second-order valence-electron chi connectivity index (χ2n) is 2.35. The minimum absolute atomic E-state index is 1.24. The van der Waals surface area contributed by atoms with Crippen LogP contribution in [0.3, 0.4) is 0 Å². The van der Waals surface area contributed by atoms with Crippen molar-refractivity contribution in [2.24, 2.45) is 0 Å². The quantitative estimate of drug-likeness (QED) is 0.479. The van der Waals surface area contributed by atoms with Crippen molar-refractivity contribution in [3.8, 4) is 0 Å². The average molecular weight is 138 g/mol. The molecule has 0 amide bonds. The molecule has 0 atom stereocenters. The molecule has 0 spiro atoms. The molecule has 0 radical (unpaired) electrons. The smallest absolute Gasteiger partial charge is 0.0310 e. The molecule has 0 unspecified atom stereocenters. The first-order valence-corrected chi connectivity index (χ1v) is 4.14. The Morgan fingerprint density at radius 2 is 1.20 bits per heavy atom. The number of hydrogen-bond donors (Lipinski definition) is 0. The fraction of sp³-hybridized carbons (Fsp3) is 0.600. The topological polar surface area (TPSA) is 0 Å². The van der Waals surface area contributed by atoms with E-state index in [1.807, 2.05) is 13.8 Å². The van der Waals surface area contributed by atoms with Crippen LogP contribution in [0, 0.1) is 0 Å². The Balaban J connectivity index is 0.000000371. The van der Waals surface area contributed by atoms with E-state index in [9.17, 15) is 0 Å². The van der Waals surface area contributed by atoms with E-state index in [1.54, 1.807) is 0 Å². The summed E-state index contributed by atoms with van der Waals surface area (Å²) in [6.07, 6.45) is 7.08. The van der Waals surface area contributed by atoms with Crippen LogP contribution in [0.15, 0.2) is 23.3 Å². The average Bonchev–Trinajstić information content (AvgIpc) is 2.00. The summed E-state index contributed by atoms with van der Waals surface area (Å²) in [6.45, 7) is 8.34. The molecule has 0 heteroatoms. The van der Waals surface area contributed by atoms with Crippen molar-refractivity contribution in [2.75, 3.05) is 0 Å². The van der Waals surface area contributed by atoms with Crippen LogP contribution in [0.4, 0.5) is 0 Å². The summed E-state index contributed by atoms with van der Waals surface area (Å²) in [6, 6.07) is 0. The van der Waals surface area contributed by atoms with Crippen molar-refractivity contribution in [2.45, 2.75) is 40.5 Å². The van der Waals surface area contributed by atoms with E-state index in [4.69, 9.17) is 0 Å². The van der Waals surface area contributed by atoms with E-state index in [1.165, 1.54) is 24.0 Å². The fourth-order valence-corrected chi connectivity index (χ4v) is 0.922. The standard InChI is InChI=1S/C8H12.C2H6/c1-7-5-3-4-6-8(7)2;1-2/h5-6H,3-4H2,1-2H3;1-2H3. The monoisotopic (exact) mass is 138 g/mol. The van der Waals surface area contributed by atoms with Gasteiger partial charge in [-0.3, -0.25) is 0 Å². The van der Waals surface area contributed by atoms with Gasteiger partial charge < -0.3 is 0 Å². The Hall–Kier alpha value is -0.520. The van der Waals surface area contributed by atoms with Crippen molar-refractivity contribution in [3.63, 3.8) is 0 Å². The Kier molecular flexibility index (Phi) is 5.00. The fourth-order valence-electron chi connectivity index (χ4n) is 0.922. The molecule has 0 N–H and O–H groups in total. The van der Waals surface area contributed by atoms with Gasteiger partial charge in [-0.05, 0) is 26.7 Å². The van der Waals surface area contributed by atoms with Gasteiger partial charge >= 0.3 is 0 Å². The van der Waals surface area contributed by atoms with Gasteiger partial charge in [-0.1, -0.05) is 37.1 Å². The van der Waals surface area contributed by atoms with Crippen LogP contribution in [0.5, 0.6) is 0 Å². The summed E-state index contributed by atoms with van der Waals surface area (Å²) in [4.78, 5) is 0. The maximum absolute atomic E-state index is 2.30. The molecule has 58 valence electrons. The van der Waals surface area contributed by atoms with Crippen molar-refractivity contribution >= 4 is 0 Å². The van der Waals surface area contributed by atoms with Crippen LogP contribution in [0.25, 0.3) is 0 Å². The highest BCUT2D eigenvalue weighted by Crippen LogP contribution is 2.16. The molecule has 0 saturated carbocycles. The highest BCUT2D eigenvalue weighted by molar-refractivity contribution is 5.29. The number of allylic oxidation sites excluding steroid dienone is 4. The molecule has 1 rings (SSSR count). The lowest BCUT2D eigenvalue weighted by Crippen LogP contribution is -1.85. The third kappa shape index (κ3) is 2.86. The minimum Gasteiger partial charge on any atom is -0.0810 e. The van der Waals surface area contributed by atoms with Crippen LogP contribution >= 0.6 is 0 Å². The first kappa shape index (κ1) is 9.48. The van der Waals surface area contributed by atoms with Crippen molar-refractivity contribution in [3.05, 3.63) is 23.3 Å². The predicted octanol–water partition coefficient (Wildman–Crippen LogP) is 3.70. The second kappa shape index (κ2) is 5.28. The number of hydrogen-bond acceptors (Lipinski definition) is 0. The van der Waals surface area contributed by atoms with E-state index in [-0.39, 0.29) is 0 Å². The zero-order valence-corrected chi connectivity index (χ0v) is 7.57. The van der Waals surface area contributed by atoms with Crippen LogP contribution in [-0.4, -0.2) is 0 Å². The highest BCUT2D eigenvalue weighted by Gasteiger charge is 1.95. The molecule has 0 bridgehead atoms. The normalized spacial score (nSPS) is 16.4. The van der Waals surface area contributed by atoms with Gasteiger partial charge in [0.15, 0.2) is 0 Å². The lowest BCUT2D eigenvalue weighted by molar-refractivity contribution is 0.990. The molecule has 1 aliphatic carbocycles. The van der Waals surface area contributed by atoms with E-state index in [0.29, 0.717) is 0 Å². The van der Waals surface area contributed by atoms with Crippen LogP contribution in [0.1, 0.15) is 40.5 Å². The third-order valence-corrected chi connectivity index (χ3v) is 1.69. The first-order valence-electron chi connectivity index (χ1n) is 4.14. The summed E-state index contributed by atoms with van der Waals surface area (Å²) in [7, 11) is 0. The maximum Gasteiger partial charge on any atom is -0.0310 e. The Bertz CT molecular complexity index is 120.